The Morgan fingerprint density at radius 2 is 1.77 bits per heavy atom. The van der Waals surface area contributed by atoms with E-state index in [4.69, 9.17) is 17.0 Å². The van der Waals surface area contributed by atoms with Gasteiger partial charge < -0.3 is 10.1 Å². The highest BCUT2D eigenvalue weighted by Crippen LogP contribution is 2.18. The number of hydrogen-bond acceptors (Lipinski definition) is 5. The topological polar surface area (TPSA) is 93.5 Å². The van der Waals surface area contributed by atoms with E-state index in [0.717, 1.165) is 12.8 Å². The van der Waals surface area contributed by atoms with Crippen molar-refractivity contribution in [1.82, 2.24) is 5.32 Å². The van der Waals surface area contributed by atoms with Gasteiger partial charge in [-0.3, -0.25) is 20.2 Å². The number of nitro groups is 1. The van der Waals surface area contributed by atoms with E-state index in [9.17, 15) is 14.9 Å². The minimum atomic E-state index is -0.557. The summed E-state index contributed by atoms with van der Waals surface area (Å²) in [7, 11) is 0. The second-order valence-electron chi connectivity index (χ2n) is 6.68. The van der Waals surface area contributed by atoms with Crippen LogP contribution in [0.1, 0.15) is 22.3 Å². The van der Waals surface area contributed by atoms with Gasteiger partial charge in [-0.15, -0.1) is 0 Å². The van der Waals surface area contributed by atoms with E-state index in [1.165, 1.54) is 29.8 Å². The largest absolute Gasteiger partial charge is 0.494 e. The molecule has 0 heterocycles. The molecule has 0 aromatic heterocycles. The molecule has 0 saturated heterocycles. The highest BCUT2D eigenvalue weighted by atomic mass is 32.1. The van der Waals surface area contributed by atoms with Gasteiger partial charge in [0.1, 0.15) is 5.75 Å². The van der Waals surface area contributed by atoms with Crippen molar-refractivity contribution in [1.29, 1.82) is 0 Å². The maximum Gasteiger partial charge on any atom is 0.270 e. The zero-order valence-corrected chi connectivity index (χ0v) is 17.4. The third-order valence-corrected chi connectivity index (χ3v) is 4.56. The monoisotopic (exact) mass is 435 g/mol. The molecule has 1 amide bonds. The SMILES string of the molecule is O=C(NC(=S)Nc1cccc(OCCCc2ccccc2)c1)c1cccc([N+](=O)[O-])c1. The number of rotatable bonds is 8. The average Bonchev–Trinajstić information content (AvgIpc) is 2.77. The predicted molar refractivity (Wildman–Crippen MR) is 123 cm³/mol. The molecule has 0 fully saturated rings. The van der Waals surface area contributed by atoms with Crippen molar-refractivity contribution >= 4 is 34.6 Å². The van der Waals surface area contributed by atoms with Crippen molar-refractivity contribution < 1.29 is 14.5 Å². The molecule has 0 saturated carbocycles. The molecule has 0 atom stereocenters. The number of nitro benzene ring substituents is 1. The lowest BCUT2D eigenvalue weighted by atomic mass is 10.1. The zero-order chi connectivity index (χ0) is 22.1. The van der Waals surface area contributed by atoms with Crippen LogP contribution in [0.2, 0.25) is 0 Å². The summed E-state index contributed by atoms with van der Waals surface area (Å²) in [5, 5.41) is 16.4. The van der Waals surface area contributed by atoms with E-state index in [0.29, 0.717) is 18.0 Å². The number of ether oxygens (including phenoxy) is 1. The predicted octanol–water partition coefficient (Wildman–Crippen LogP) is 4.73. The van der Waals surface area contributed by atoms with E-state index in [1.807, 2.05) is 30.3 Å². The summed E-state index contributed by atoms with van der Waals surface area (Å²) in [6, 6.07) is 22.9. The molecular weight excluding hydrogens is 414 g/mol. The van der Waals surface area contributed by atoms with E-state index in [2.05, 4.69) is 22.8 Å². The first-order chi connectivity index (χ1) is 15.0. The molecule has 0 aliphatic heterocycles. The third kappa shape index (κ3) is 6.90. The summed E-state index contributed by atoms with van der Waals surface area (Å²) >= 11 is 5.18. The fourth-order valence-corrected chi connectivity index (χ4v) is 3.08. The number of aryl methyl sites for hydroxylation is 1. The standard InChI is InChI=1S/C23H21N3O4S/c27-22(18-10-4-12-20(15-18)26(28)29)25-23(31)24-19-11-5-13-21(16-19)30-14-6-9-17-7-2-1-3-8-17/h1-5,7-8,10-13,15-16H,6,9,14H2,(H2,24,25,27,31). The normalized spacial score (nSPS) is 10.2. The summed E-state index contributed by atoms with van der Waals surface area (Å²) in [5.41, 5.74) is 1.91. The molecule has 0 aliphatic carbocycles. The van der Waals surface area contributed by atoms with Gasteiger partial charge in [-0.25, -0.2) is 0 Å². The Labute approximate surface area is 185 Å². The van der Waals surface area contributed by atoms with Crippen LogP contribution in [0.15, 0.2) is 78.9 Å². The van der Waals surface area contributed by atoms with Crippen LogP contribution in [0.25, 0.3) is 0 Å². The molecule has 8 heteroatoms. The first kappa shape index (κ1) is 21.9. The molecule has 0 aliphatic rings. The van der Waals surface area contributed by atoms with Crippen LogP contribution in [-0.4, -0.2) is 22.5 Å². The van der Waals surface area contributed by atoms with E-state index < -0.39 is 10.8 Å². The van der Waals surface area contributed by atoms with E-state index in [1.54, 1.807) is 12.1 Å². The first-order valence-electron chi connectivity index (χ1n) is 9.65. The first-order valence-corrected chi connectivity index (χ1v) is 10.1. The van der Waals surface area contributed by atoms with Crippen LogP contribution in [0.5, 0.6) is 5.75 Å². The number of nitrogens with one attached hydrogen (secondary N) is 2. The van der Waals surface area contributed by atoms with Gasteiger partial charge in [-0.05, 0) is 48.8 Å². The van der Waals surface area contributed by atoms with Crippen LogP contribution >= 0.6 is 12.2 Å². The second-order valence-corrected chi connectivity index (χ2v) is 7.09. The van der Waals surface area contributed by atoms with E-state index in [-0.39, 0.29) is 16.4 Å². The Morgan fingerprint density at radius 1 is 1.00 bits per heavy atom. The highest BCUT2D eigenvalue weighted by molar-refractivity contribution is 7.80. The average molecular weight is 436 g/mol. The van der Waals surface area contributed by atoms with Gasteiger partial charge >= 0.3 is 0 Å². The minimum absolute atomic E-state index is 0.0812. The Morgan fingerprint density at radius 3 is 2.55 bits per heavy atom. The number of non-ortho nitro benzene ring substituents is 1. The van der Waals surface area contributed by atoms with Crippen molar-refractivity contribution in [2.45, 2.75) is 12.8 Å². The van der Waals surface area contributed by atoms with Crippen LogP contribution in [0.3, 0.4) is 0 Å². The summed E-state index contributed by atoms with van der Waals surface area (Å²) in [4.78, 5) is 22.6. The molecule has 0 radical (unpaired) electrons. The molecule has 2 N–H and O–H groups in total. The summed E-state index contributed by atoms with van der Waals surface area (Å²) < 4.78 is 5.80. The van der Waals surface area contributed by atoms with Crippen molar-refractivity contribution in [3.63, 3.8) is 0 Å². The quantitative estimate of drug-likeness (QED) is 0.230. The maximum absolute atomic E-state index is 12.3. The molecular formula is C23H21N3O4S. The Hall–Kier alpha value is -3.78. The number of hydrogen-bond donors (Lipinski definition) is 2. The third-order valence-electron chi connectivity index (χ3n) is 4.36. The van der Waals surface area contributed by atoms with E-state index >= 15 is 0 Å². The molecule has 3 aromatic rings. The molecule has 3 aromatic carbocycles. The number of nitrogens with zero attached hydrogens (tertiary/aromatic N) is 1. The summed E-state index contributed by atoms with van der Waals surface area (Å²) in [6.45, 7) is 0.576. The van der Waals surface area contributed by atoms with Crippen molar-refractivity contribution in [2.24, 2.45) is 0 Å². The van der Waals surface area contributed by atoms with Crippen LogP contribution in [0, 0.1) is 10.1 Å². The molecule has 158 valence electrons. The smallest absolute Gasteiger partial charge is 0.270 e. The molecule has 3 rings (SSSR count). The van der Waals surface area contributed by atoms with Crippen LogP contribution in [-0.2, 0) is 6.42 Å². The lowest BCUT2D eigenvalue weighted by molar-refractivity contribution is -0.384. The van der Waals surface area contributed by atoms with Crippen molar-refractivity contribution in [2.75, 3.05) is 11.9 Å². The molecule has 7 nitrogen and oxygen atoms in total. The Kier molecular flexibility index (Phi) is 7.67. The fourth-order valence-electron chi connectivity index (χ4n) is 2.87. The minimum Gasteiger partial charge on any atom is -0.494 e. The van der Waals surface area contributed by atoms with Gasteiger partial charge in [0.25, 0.3) is 11.6 Å². The number of carbonyl (C=O) groups is 1. The van der Waals surface area contributed by atoms with Gasteiger partial charge in [0.2, 0.25) is 0 Å². The van der Waals surface area contributed by atoms with Gasteiger partial charge in [-0.2, -0.15) is 0 Å². The zero-order valence-electron chi connectivity index (χ0n) is 16.6. The van der Waals surface area contributed by atoms with Crippen molar-refractivity contribution in [3.05, 3.63) is 100 Å². The second kappa shape index (κ2) is 10.8. The highest BCUT2D eigenvalue weighted by Gasteiger charge is 2.12. The van der Waals surface area contributed by atoms with Gasteiger partial charge in [0.05, 0.1) is 11.5 Å². The van der Waals surface area contributed by atoms with Crippen LogP contribution in [0.4, 0.5) is 11.4 Å². The number of amides is 1. The Balaban J connectivity index is 1.49. The number of anilines is 1. The fraction of sp³-hybridized carbons (Fsp3) is 0.130. The summed E-state index contributed by atoms with van der Waals surface area (Å²) in [5.74, 6) is 0.153. The lowest BCUT2D eigenvalue weighted by Crippen LogP contribution is -2.34. The summed E-state index contributed by atoms with van der Waals surface area (Å²) in [6.07, 6.45) is 1.83. The van der Waals surface area contributed by atoms with Crippen molar-refractivity contribution in [3.8, 4) is 5.75 Å². The van der Waals surface area contributed by atoms with Gasteiger partial charge in [-0.1, -0.05) is 42.5 Å². The molecule has 0 spiro atoms. The number of thiocarbonyl (C=S) groups is 1. The molecule has 0 bridgehead atoms. The number of benzene rings is 3. The van der Waals surface area contributed by atoms with Gasteiger partial charge in [0.15, 0.2) is 5.11 Å². The van der Waals surface area contributed by atoms with Crippen LogP contribution < -0.4 is 15.4 Å². The maximum atomic E-state index is 12.3. The van der Waals surface area contributed by atoms with Gasteiger partial charge in [0, 0.05) is 29.4 Å². The molecule has 0 unspecified atom stereocenters. The lowest BCUT2D eigenvalue weighted by Gasteiger charge is -2.11. The Bertz CT molecular complexity index is 1070. The number of carbonyl (C=O) groups excluding carboxylic acids is 1. The molecule has 31 heavy (non-hydrogen) atoms.